The first-order chi connectivity index (χ1) is 4.88. The van der Waals surface area contributed by atoms with E-state index in [1.54, 1.807) is 0 Å². The van der Waals surface area contributed by atoms with Gasteiger partial charge in [0.05, 0.1) is 0 Å². The molecule has 58 valence electrons. The molecule has 0 radical (unpaired) electrons. The molecule has 1 rings (SSSR count). The van der Waals surface area contributed by atoms with Crippen LogP contribution in [-0.4, -0.2) is 5.71 Å². The van der Waals surface area contributed by atoms with Crippen LogP contribution in [0.1, 0.15) is 39.0 Å². The fraction of sp³-hybridized carbons (Fsp3) is 0.875. The number of nitrogens with zero attached hydrogens (tertiary/aromatic N) is 1. The Balaban J connectivity index is 2.50. The molecule has 0 aromatic rings. The molecule has 0 saturated heterocycles. The van der Waals surface area contributed by atoms with E-state index in [0.29, 0.717) is 5.92 Å². The second-order valence-corrected chi connectivity index (χ2v) is 2.97. The van der Waals surface area contributed by atoms with Crippen LogP contribution in [0.4, 0.5) is 0 Å². The molecule has 0 bridgehead atoms. The van der Waals surface area contributed by atoms with E-state index < -0.39 is 0 Å². The van der Waals surface area contributed by atoms with Crippen molar-refractivity contribution in [2.75, 3.05) is 0 Å². The van der Waals surface area contributed by atoms with E-state index in [0.717, 1.165) is 6.42 Å². The van der Waals surface area contributed by atoms with Crippen LogP contribution >= 0.6 is 0 Å². The number of hydrogen-bond donors (Lipinski definition) is 1. The number of rotatable bonds is 1. The predicted octanol–water partition coefficient (Wildman–Crippen LogP) is 1.90. The van der Waals surface area contributed by atoms with Gasteiger partial charge in [0.15, 0.2) is 0 Å². The maximum Gasteiger partial charge on any atom is 0.0406 e. The van der Waals surface area contributed by atoms with Crippen LogP contribution in [0.5, 0.6) is 0 Å². The lowest BCUT2D eigenvalue weighted by atomic mass is 9.86. The first-order valence-electron chi connectivity index (χ1n) is 4.15. The maximum absolute atomic E-state index is 5.26. The third-order valence-electron chi connectivity index (χ3n) is 2.37. The molecule has 0 spiro atoms. The molecule has 0 aromatic carbocycles. The molecule has 2 N–H and O–H groups in total. The number of hydrogen-bond acceptors (Lipinski definition) is 2. The maximum atomic E-state index is 5.26. The van der Waals surface area contributed by atoms with Crippen molar-refractivity contribution in [1.82, 2.24) is 0 Å². The summed E-state index contributed by atoms with van der Waals surface area (Å²) in [7, 11) is 0. The van der Waals surface area contributed by atoms with Crippen molar-refractivity contribution in [3.63, 3.8) is 0 Å². The van der Waals surface area contributed by atoms with Gasteiger partial charge >= 0.3 is 0 Å². The third-order valence-corrected chi connectivity index (χ3v) is 2.37. The zero-order chi connectivity index (χ0) is 7.40. The Kier molecular flexibility index (Phi) is 2.72. The highest BCUT2D eigenvalue weighted by molar-refractivity contribution is 5.87. The Bertz CT molecular complexity index is 129. The van der Waals surface area contributed by atoms with Crippen LogP contribution in [-0.2, 0) is 0 Å². The van der Waals surface area contributed by atoms with E-state index in [1.807, 2.05) is 0 Å². The molecule has 1 unspecified atom stereocenters. The monoisotopic (exact) mass is 140 g/mol. The van der Waals surface area contributed by atoms with Crippen LogP contribution < -0.4 is 5.84 Å². The summed E-state index contributed by atoms with van der Waals surface area (Å²) >= 11 is 0. The number of nitrogens with two attached hydrogens (primary N) is 1. The standard InChI is InChI=1S/C8H16N2/c1-2-7-5-3-4-6-8(7)10-9/h7H,2-6,9H2,1H3/b10-8-. The first kappa shape index (κ1) is 7.58. The second-order valence-electron chi connectivity index (χ2n) is 2.97. The highest BCUT2D eigenvalue weighted by atomic mass is 15.1. The van der Waals surface area contributed by atoms with Gasteiger partial charge in [0.2, 0.25) is 0 Å². The van der Waals surface area contributed by atoms with Gasteiger partial charge in [-0.15, -0.1) is 0 Å². The highest BCUT2D eigenvalue weighted by Gasteiger charge is 2.17. The van der Waals surface area contributed by atoms with Crippen LogP contribution in [0, 0.1) is 5.92 Å². The van der Waals surface area contributed by atoms with Gasteiger partial charge < -0.3 is 5.84 Å². The van der Waals surface area contributed by atoms with Crippen molar-refractivity contribution in [1.29, 1.82) is 0 Å². The van der Waals surface area contributed by atoms with Gasteiger partial charge in [-0.3, -0.25) is 0 Å². The van der Waals surface area contributed by atoms with Crippen LogP contribution in [0.15, 0.2) is 5.10 Å². The quantitative estimate of drug-likeness (QED) is 0.438. The lowest BCUT2D eigenvalue weighted by Crippen LogP contribution is -2.19. The Hall–Kier alpha value is -0.530. The smallest absolute Gasteiger partial charge is 0.0406 e. The van der Waals surface area contributed by atoms with Crippen LogP contribution in [0.25, 0.3) is 0 Å². The van der Waals surface area contributed by atoms with E-state index in [-0.39, 0.29) is 0 Å². The summed E-state index contributed by atoms with van der Waals surface area (Å²) in [5.74, 6) is 5.95. The molecule has 2 nitrogen and oxygen atoms in total. The van der Waals surface area contributed by atoms with Gasteiger partial charge in [0.25, 0.3) is 0 Å². The minimum Gasteiger partial charge on any atom is -0.323 e. The second kappa shape index (κ2) is 3.59. The molecular formula is C8H16N2. The number of hydrazone groups is 1. The molecule has 1 aliphatic carbocycles. The summed E-state index contributed by atoms with van der Waals surface area (Å²) in [6.07, 6.45) is 6.28. The Morgan fingerprint density at radius 1 is 1.60 bits per heavy atom. The molecular weight excluding hydrogens is 124 g/mol. The third kappa shape index (κ3) is 1.49. The summed E-state index contributed by atoms with van der Waals surface area (Å²) in [4.78, 5) is 0. The molecule has 0 aromatic heterocycles. The van der Waals surface area contributed by atoms with E-state index >= 15 is 0 Å². The molecule has 10 heavy (non-hydrogen) atoms. The van der Waals surface area contributed by atoms with Crippen molar-refractivity contribution in [2.24, 2.45) is 16.9 Å². The van der Waals surface area contributed by atoms with E-state index in [9.17, 15) is 0 Å². The molecule has 2 heteroatoms. The summed E-state index contributed by atoms with van der Waals surface area (Å²) in [5.41, 5.74) is 1.24. The van der Waals surface area contributed by atoms with Crippen molar-refractivity contribution in [3.8, 4) is 0 Å². The summed E-state index contributed by atoms with van der Waals surface area (Å²) in [6.45, 7) is 2.21. The first-order valence-corrected chi connectivity index (χ1v) is 4.15. The van der Waals surface area contributed by atoms with Crippen molar-refractivity contribution >= 4 is 5.71 Å². The minimum absolute atomic E-state index is 0.693. The molecule has 1 saturated carbocycles. The normalized spacial score (nSPS) is 30.9. The van der Waals surface area contributed by atoms with Crippen LogP contribution in [0.3, 0.4) is 0 Å². The lowest BCUT2D eigenvalue weighted by Gasteiger charge is -2.21. The summed E-state index contributed by atoms with van der Waals surface area (Å²) < 4.78 is 0. The minimum atomic E-state index is 0.693. The van der Waals surface area contributed by atoms with Crippen molar-refractivity contribution < 1.29 is 0 Å². The summed E-state index contributed by atoms with van der Waals surface area (Å²) in [6, 6.07) is 0. The largest absolute Gasteiger partial charge is 0.323 e. The van der Waals surface area contributed by atoms with Crippen LogP contribution in [0.2, 0.25) is 0 Å². The predicted molar refractivity (Wildman–Crippen MR) is 43.9 cm³/mol. The van der Waals surface area contributed by atoms with Crippen molar-refractivity contribution in [2.45, 2.75) is 39.0 Å². The fourth-order valence-electron chi connectivity index (χ4n) is 1.68. The SMILES string of the molecule is CCC1CCCC/C1=N/N. The van der Waals surface area contributed by atoms with Crippen molar-refractivity contribution in [3.05, 3.63) is 0 Å². The molecule has 0 heterocycles. The molecule has 0 aliphatic heterocycles. The zero-order valence-corrected chi connectivity index (χ0v) is 6.64. The average Bonchev–Trinajstić information content (AvgIpc) is 2.04. The lowest BCUT2D eigenvalue weighted by molar-refractivity contribution is 0.513. The summed E-state index contributed by atoms with van der Waals surface area (Å²) in [5, 5.41) is 3.82. The Morgan fingerprint density at radius 3 is 2.90 bits per heavy atom. The van der Waals surface area contributed by atoms with Gasteiger partial charge in [0.1, 0.15) is 0 Å². The average molecular weight is 140 g/mol. The van der Waals surface area contributed by atoms with Gasteiger partial charge in [0, 0.05) is 5.71 Å². The van der Waals surface area contributed by atoms with E-state index in [4.69, 9.17) is 5.84 Å². The Labute approximate surface area is 62.5 Å². The Morgan fingerprint density at radius 2 is 2.40 bits per heavy atom. The van der Waals surface area contributed by atoms with E-state index in [2.05, 4.69) is 12.0 Å². The van der Waals surface area contributed by atoms with E-state index in [1.165, 1.54) is 31.4 Å². The molecule has 1 atom stereocenters. The molecule has 1 aliphatic rings. The van der Waals surface area contributed by atoms with Gasteiger partial charge in [-0.05, 0) is 31.6 Å². The van der Waals surface area contributed by atoms with Gasteiger partial charge in [-0.25, -0.2) is 0 Å². The van der Waals surface area contributed by atoms with Gasteiger partial charge in [-0.1, -0.05) is 13.3 Å². The molecule has 1 fully saturated rings. The zero-order valence-electron chi connectivity index (χ0n) is 6.64. The highest BCUT2D eigenvalue weighted by Crippen LogP contribution is 2.23. The topological polar surface area (TPSA) is 38.4 Å². The fourth-order valence-corrected chi connectivity index (χ4v) is 1.68. The molecule has 0 amide bonds. The van der Waals surface area contributed by atoms with Gasteiger partial charge in [-0.2, -0.15) is 5.10 Å².